The van der Waals surface area contributed by atoms with Crippen molar-refractivity contribution in [3.05, 3.63) is 30.3 Å². The summed E-state index contributed by atoms with van der Waals surface area (Å²) >= 11 is 0. The third-order valence-electron chi connectivity index (χ3n) is 2.27. The molecule has 0 saturated carbocycles. The van der Waals surface area contributed by atoms with Crippen molar-refractivity contribution in [1.82, 2.24) is 4.47 Å². The number of rotatable bonds is 5. The van der Waals surface area contributed by atoms with E-state index in [1.807, 2.05) is 0 Å². The van der Waals surface area contributed by atoms with Crippen LogP contribution in [0.3, 0.4) is 0 Å². The van der Waals surface area contributed by atoms with Crippen LogP contribution in [0.5, 0.6) is 0 Å². The molecule has 0 aliphatic carbocycles. The maximum Gasteiger partial charge on any atom is 0.264 e. The zero-order chi connectivity index (χ0) is 13.1. The lowest BCUT2D eigenvalue weighted by molar-refractivity contribution is -0.0345. The van der Waals surface area contributed by atoms with Crippen LogP contribution in [-0.2, 0) is 10.0 Å². The average molecular weight is 260 g/mol. The second kappa shape index (κ2) is 5.56. The summed E-state index contributed by atoms with van der Waals surface area (Å²) < 4.78 is 23.7. The predicted octanol–water partition coefficient (Wildman–Crippen LogP) is -0.225. The number of nitrogens with two attached hydrogens (primary N) is 1. The van der Waals surface area contributed by atoms with Crippen LogP contribution >= 0.6 is 0 Å². The van der Waals surface area contributed by atoms with Gasteiger partial charge in [0, 0.05) is 6.04 Å². The molecule has 0 aliphatic heterocycles. The van der Waals surface area contributed by atoms with Crippen molar-refractivity contribution in [2.75, 3.05) is 6.54 Å². The van der Waals surface area contributed by atoms with Gasteiger partial charge in [0.2, 0.25) is 0 Å². The van der Waals surface area contributed by atoms with E-state index in [9.17, 15) is 18.7 Å². The number of sulfonamides is 1. The molecule has 1 rings (SSSR count). The monoisotopic (exact) mass is 260 g/mol. The first kappa shape index (κ1) is 14.1. The molecule has 0 aromatic heterocycles. The van der Waals surface area contributed by atoms with Gasteiger partial charge >= 0.3 is 0 Å². The highest BCUT2D eigenvalue weighted by molar-refractivity contribution is 7.89. The first-order chi connectivity index (χ1) is 7.85. The Morgan fingerprint density at radius 3 is 2.35 bits per heavy atom. The van der Waals surface area contributed by atoms with Gasteiger partial charge in [-0.25, -0.2) is 8.42 Å². The van der Waals surface area contributed by atoms with Gasteiger partial charge in [-0.15, -0.1) is 0 Å². The van der Waals surface area contributed by atoms with Crippen molar-refractivity contribution in [1.29, 1.82) is 0 Å². The molecule has 0 heterocycles. The minimum atomic E-state index is -3.99. The Morgan fingerprint density at radius 2 is 1.88 bits per heavy atom. The molecule has 0 radical (unpaired) electrons. The van der Waals surface area contributed by atoms with Gasteiger partial charge in [-0.2, -0.15) is 0 Å². The van der Waals surface area contributed by atoms with E-state index in [0.29, 0.717) is 0 Å². The number of aliphatic hydroxyl groups excluding tert-OH is 1. The van der Waals surface area contributed by atoms with Crippen LogP contribution in [0.2, 0.25) is 0 Å². The van der Waals surface area contributed by atoms with Crippen LogP contribution in [0.1, 0.15) is 6.92 Å². The van der Waals surface area contributed by atoms with Gasteiger partial charge in [-0.05, 0) is 19.1 Å². The van der Waals surface area contributed by atoms with E-state index in [1.165, 1.54) is 19.1 Å². The highest BCUT2D eigenvalue weighted by Gasteiger charge is 2.26. The third-order valence-corrected chi connectivity index (χ3v) is 3.84. The molecule has 4 N–H and O–H groups in total. The zero-order valence-corrected chi connectivity index (χ0v) is 10.2. The van der Waals surface area contributed by atoms with Crippen LogP contribution in [0.15, 0.2) is 35.2 Å². The van der Waals surface area contributed by atoms with E-state index in [1.54, 1.807) is 18.2 Å². The maximum absolute atomic E-state index is 11.8. The lowest BCUT2D eigenvalue weighted by Crippen LogP contribution is -2.42. The largest absolute Gasteiger partial charge is 0.390 e. The molecular formula is C10H16N2O4S. The van der Waals surface area contributed by atoms with Gasteiger partial charge in [0.25, 0.3) is 10.0 Å². The third kappa shape index (κ3) is 3.48. The van der Waals surface area contributed by atoms with Crippen molar-refractivity contribution in [2.45, 2.75) is 24.0 Å². The van der Waals surface area contributed by atoms with Crippen molar-refractivity contribution in [3.8, 4) is 0 Å². The van der Waals surface area contributed by atoms with Crippen molar-refractivity contribution in [3.63, 3.8) is 0 Å². The van der Waals surface area contributed by atoms with E-state index in [2.05, 4.69) is 0 Å². The molecule has 96 valence electrons. The van der Waals surface area contributed by atoms with Gasteiger partial charge < -0.3 is 10.8 Å². The van der Waals surface area contributed by atoms with Gasteiger partial charge in [-0.1, -0.05) is 22.7 Å². The molecule has 0 saturated heterocycles. The highest BCUT2D eigenvalue weighted by Crippen LogP contribution is 2.13. The lowest BCUT2D eigenvalue weighted by atomic mass is 10.2. The number of nitrogens with zero attached hydrogens (tertiary/aromatic N) is 1. The summed E-state index contributed by atoms with van der Waals surface area (Å²) in [7, 11) is -3.99. The summed E-state index contributed by atoms with van der Waals surface area (Å²) in [5.74, 6) is 0. The summed E-state index contributed by atoms with van der Waals surface area (Å²) in [5.41, 5.74) is 5.38. The minimum Gasteiger partial charge on any atom is -0.390 e. The summed E-state index contributed by atoms with van der Waals surface area (Å²) in [6.07, 6.45) is -1.13. The van der Waals surface area contributed by atoms with Crippen molar-refractivity contribution >= 4 is 10.0 Å². The molecule has 17 heavy (non-hydrogen) atoms. The summed E-state index contributed by atoms with van der Waals surface area (Å²) in [6.45, 7) is 1.06. The molecule has 2 unspecified atom stereocenters. The molecule has 2 atom stereocenters. The minimum absolute atomic E-state index is 0.0422. The first-order valence-electron chi connectivity index (χ1n) is 5.06. The average Bonchev–Trinajstić information content (AvgIpc) is 2.29. The number of benzene rings is 1. The van der Waals surface area contributed by atoms with Crippen LogP contribution < -0.4 is 5.73 Å². The normalized spacial score (nSPS) is 15.8. The second-order valence-electron chi connectivity index (χ2n) is 3.75. The molecular weight excluding hydrogens is 244 g/mol. The molecule has 0 amide bonds. The smallest absolute Gasteiger partial charge is 0.264 e. The van der Waals surface area contributed by atoms with E-state index in [4.69, 9.17) is 5.73 Å². The summed E-state index contributed by atoms with van der Waals surface area (Å²) in [4.78, 5) is -0.0422. The maximum atomic E-state index is 11.8. The lowest BCUT2D eigenvalue weighted by Gasteiger charge is -2.20. The van der Waals surface area contributed by atoms with E-state index >= 15 is 0 Å². The molecule has 0 bridgehead atoms. The van der Waals surface area contributed by atoms with E-state index in [0.717, 1.165) is 0 Å². The van der Waals surface area contributed by atoms with Crippen molar-refractivity contribution in [2.24, 2.45) is 5.73 Å². The van der Waals surface area contributed by atoms with E-state index in [-0.39, 0.29) is 9.36 Å². The fourth-order valence-electron chi connectivity index (χ4n) is 1.14. The Hall–Kier alpha value is -0.990. The van der Waals surface area contributed by atoms with Crippen LogP contribution in [0, 0.1) is 0 Å². The van der Waals surface area contributed by atoms with Gasteiger partial charge in [0.15, 0.2) is 0 Å². The Labute approximate surface area is 100 Å². The number of hydroxylamine groups is 1. The molecule has 0 spiro atoms. The molecule has 1 aromatic rings. The molecule has 6 nitrogen and oxygen atoms in total. The Morgan fingerprint density at radius 1 is 1.35 bits per heavy atom. The van der Waals surface area contributed by atoms with Gasteiger partial charge in [0.1, 0.15) is 0 Å². The number of hydrogen-bond acceptors (Lipinski definition) is 5. The summed E-state index contributed by atoms with van der Waals surface area (Å²) in [5, 5.41) is 18.9. The van der Waals surface area contributed by atoms with Crippen LogP contribution in [-0.4, -0.2) is 41.9 Å². The zero-order valence-electron chi connectivity index (χ0n) is 9.39. The standard InChI is InChI=1S/C10H16N2O4S/c1-8(11)10(13)7-12(14)17(15,16)9-5-3-2-4-6-9/h2-6,8,10,13-14H,7,11H2,1H3. The fraction of sp³-hybridized carbons (Fsp3) is 0.400. The second-order valence-corrected chi connectivity index (χ2v) is 5.59. The van der Waals surface area contributed by atoms with Crippen molar-refractivity contribution < 1.29 is 18.7 Å². The molecule has 0 fully saturated rings. The van der Waals surface area contributed by atoms with Crippen LogP contribution in [0.25, 0.3) is 0 Å². The first-order valence-corrected chi connectivity index (χ1v) is 6.50. The molecule has 0 aliphatic rings. The highest BCUT2D eigenvalue weighted by atomic mass is 32.2. The number of hydrogen-bond donors (Lipinski definition) is 3. The van der Waals surface area contributed by atoms with Crippen LogP contribution in [0.4, 0.5) is 0 Å². The summed E-state index contributed by atoms with van der Waals surface area (Å²) in [6, 6.07) is 6.84. The Bertz CT molecular complexity index is 447. The number of aliphatic hydroxyl groups is 1. The SMILES string of the molecule is CC(N)C(O)CN(O)S(=O)(=O)c1ccccc1. The van der Waals surface area contributed by atoms with Gasteiger partial charge in [-0.3, -0.25) is 5.21 Å². The quantitative estimate of drug-likeness (QED) is 0.635. The topological polar surface area (TPSA) is 104 Å². The van der Waals surface area contributed by atoms with E-state index < -0.39 is 28.7 Å². The molecule has 7 heteroatoms. The Kier molecular flexibility index (Phi) is 4.61. The molecule has 1 aromatic carbocycles. The van der Waals surface area contributed by atoms with Gasteiger partial charge in [0.05, 0.1) is 17.5 Å². The Balaban J connectivity index is 2.85. The predicted molar refractivity (Wildman–Crippen MR) is 61.8 cm³/mol. The fourth-order valence-corrected chi connectivity index (χ4v) is 2.23.